The summed E-state index contributed by atoms with van der Waals surface area (Å²) in [6.45, 7) is 3.00. The van der Waals surface area contributed by atoms with E-state index in [0.29, 0.717) is 42.3 Å². The van der Waals surface area contributed by atoms with Gasteiger partial charge in [0.2, 0.25) is 5.91 Å². The Hall–Kier alpha value is -3.75. The van der Waals surface area contributed by atoms with Crippen LogP contribution in [-0.2, 0) is 11.3 Å². The standard InChI is InChI=1S/C27H30FN3O4/c28-22-7-11-24(12-8-22)35-25-13-9-23(10-14-25)31-26(32)15-18-29-16-1-2-17-30-19-20-3-5-21(6-4-20)27(33)34/h3-14,29-30H,1-2,15-19H2,(H,31,32)(H,33,34). The van der Waals surface area contributed by atoms with Crippen molar-refractivity contribution in [2.45, 2.75) is 25.8 Å². The van der Waals surface area contributed by atoms with Crippen molar-refractivity contribution in [2.24, 2.45) is 0 Å². The number of nitrogens with one attached hydrogen (secondary N) is 3. The summed E-state index contributed by atoms with van der Waals surface area (Å²) in [5.41, 5.74) is 2.03. The number of carbonyl (C=O) groups is 2. The first-order chi connectivity index (χ1) is 17.0. The Kier molecular flexibility index (Phi) is 10.2. The molecule has 0 aliphatic carbocycles. The molecule has 0 radical (unpaired) electrons. The van der Waals surface area contributed by atoms with Gasteiger partial charge in [-0.05, 0) is 92.2 Å². The van der Waals surface area contributed by atoms with Gasteiger partial charge in [0.15, 0.2) is 0 Å². The summed E-state index contributed by atoms with van der Waals surface area (Å²) in [7, 11) is 0. The zero-order chi connectivity index (χ0) is 24.9. The molecule has 3 aromatic rings. The average molecular weight is 480 g/mol. The smallest absolute Gasteiger partial charge is 0.335 e. The van der Waals surface area contributed by atoms with E-state index >= 15 is 0 Å². The lowest BCUT2D eigenvalue weighted by Gasteiger charge is -2.09. The van der Waals surface area contributed by atoms with E-state index in [-0.39, 0.29) is 11.7 Å². The minimum atomic E-state index is -0.918. The Bertz CT molecular complexity index is 1070. The van der Waals surface area contributed by atoms with Crippen LogP contribution in [0.25, 0.3) is 0 Å². The third-order valence-electron chi connectivity index (χ3n) is 5.20. The van der Waals surface area contributed by atoms with Crippen LogP contribution in [0.4, 0.5) is 10.1 Å². The minimum absolute atomic E-state index is 0.0692. The first kappa shape index (κ1) is 25.9. The molecular weight excluding hydrogens is 449 g/mol. The van der Waals surface area contributed by atoms with Crippen molar-refractivity contribution in [3.05, 3.63) is 89.7 Å². The lowest BCUT2D eigenvalue weighted by atomic mass is 10.1. The second kappa shape index (κ2) is 13.8. The largest absolute Gasteiger partial charge is 0.478 e. The summed E-state index contributed by atoms with van der Waals surface area (Å²) in [5.74, 6) is -0.168. The van der Waals surface area contributed by atoms with Crippen molar-refractivity contribution >= 4 is 17.6 Å². The Balaban J connectivity index is 1.21. The highest BCUT2D eigenvalue weighted by Crippen LogP contribution is 2.23. The quantitative estimate of drug-likeness (QED) is 0.248. The molecule has 0 aliphatic heterocycles. The van der Waals surface area contributed by atoms with Crippen LogP contribution in [0.2, 0.25) is 0 Å². The molecule has 0 fully saturated rings. The van der Waals surface area contributed by atoms with Gasteiger partial charge in [0.25, 0.3) is 0 Å². The molecule has 0 saturated heterocycles. The van der Waals surface area contributed by atoms with E-state index in [2.05, 4.69) is 16.0 Å². The topological polar surface area (TPSA) is 99.7 Å². The normalized spacial score (nSPS) is 10.7. The van der Waals surface area contributed by atoms with Crippen molar-refractivity contribution in [1.29, 1.82) is 0 Å². The van der Waals surface area contributed by atoms with Gasteiger partial charge in [-0.1, -0.05) is 12.1 Å². The van der Waals surface area contributed by atoms with Crippen molar-refractivity contribution in [2.75, 3.05) is 25.0 Å². The maximum Gasteiger partial charge on any atom is 0.335 e. The maximum absolute atomic E-state index is 13.0. The van der Waals surface area contributed by atoms with Crippen LogP contribution >= 0.6 is 0 Å². The number of anilines is 1. The Morgan fingerprint density at radius 2 is 1.37 bits per heavy atom. The molecule has 0 aliphatic rings. The van der Waals surface area contributed by atoms with Crippen LogP contribution in [-0.4, -0.2) is 36.6 Å². The number of amides is 1. The third kappa shape index (κ3) is 9.56. The fourth-order valence-electron chi connectivity index (χ4n) is 3.29. The van der Waals surface area contributed by atoms with E-state index in [1.165, 1.54) is 12.1 Å². The van der Waals surface area contributed by atoms with E-state index in [9.17, 15) is 14.0 Å². The van der Waals surface area contributed by atoms with Crippen LogP contribution in [0.15, 0.2) is 72.8 Å². The number of carboxylic acid groups (broad SMARTS) is 1. The molecule has 1 amide bonds. The molecule has 184 valence electrons. The number of ether oxygens (including phenoxy) is 1. The highest BCUT2D eigenvalue weighted by Gasteiger charge is 2.04. The van der Waals surface area contributed by atoms with E-state index < -0.39 is 5.97 Å². The first-order valence-corrected chi connectivity index (χ1v) is 11.6. The molecule has 3 rings (SSSR count). The van der Waals surface area contributed by atoms with Gasteiger partial charge in [0.05, 0.1) is 5.56 Å². The molecule has 7 nitrogen and oxygen atoms in total. The van der Waals surface area contributed by atoms with Crippen molar-refractivity contribution in [3.63, 3.8) is 0 Å². The number of unbranched alkanes of at least 4 members (excludes halogenated alkanes) is 1. The van der Waals surface area contributed by atoms with Gasteiger partial charge in [-0.15, -0.1) is 0 Å². The monoisotopic (exact) mass is 479 g/mol. The first-order valence-electron chi connectivity index (χ1n) is 11.6. The van der Waals surface area contributed by atoms with Crippen LogP contribution in [0.3, 0.4) is 0 Å². The number of benzene rings is 3. The highest BCUT2D eigenvalue weighted by atomic mass is 19.1. The zero-order valence-electron chi connectivity index (χ0n) is 19.4. The van der Waals surface area contributed by atoms with Crippen LogP contribution < -0.4 is 20.7 Å². The van der Waals surface area contributed by atoms with Gasteiger partial charge in [-0.3, -0.25) is 4.79 Å². The molecule has 3 aromatic carbocycles. The molecular formula is C27H30FN3O4. The Morgan fingerprint density at radius 3 is 2.00 bits per heavy atom. The molecule has 0 spiro atoms. The fourth-order valence-corrected chi connectivity index (χ4v) is 3.29. The Morgan fingerprint density at radius 1 is 0.771 bits per heavy atom. The number of hydrogen-bond acceptors (Lipinski definition) is 5. The highest BCUT2D eigenvalue weighted by molar-refractivity contribution is 5.90. The van der Waals surface area contributed by atoms with Crippen molar-refractivity contribution in [1.82, 2.24) is 10.6 Å². The van der Waals surface area contributed by atoms with E-state index in [1.54, 1.807) is 48.5 Å². The molecule has 0 atom stereocenters. The fraction of sp³-hybridized carbons (Fsp3) is 0.259. The van der Waals surface area contributed by atoms with Crippen molar-refractivity contribution < 1.29 is 23.8 Å². The lowest BCUT2D eigenvalue weighted by Crippen LogP contribution is -2.23. The summed E-state index contributed by atoms with van der Waals surface area (Å²) < 4.78 is 18.6. The van der Waals surface area contributed by atoms with E-state index in [1.807, 2.05) is 12.1 Å². The molecule has 8 heteroatoms. The number of aromatic carboxylic acids is 1. The zero-order valence-corrected chi connectivity index (χ0v) is 19.4. The number of carbonyl (C=O) groups excluding carboxylic acids is 1. The predicted octanol–water partition coefficient (Wildman–Crippen LogP) is 4.80. The second-order valence-corrected chi connectivity index (χ2v) is 8.01. The molecule has 35 heavy (non-hydrogen) atoms. The van der Waals surface area contributed by atoms with Crippen LogP contribution in [0.5, 0.6) is 11.5 Å². The molecule has 0 unspecified atom stereocenters. The third-order valence-corrected chi connectivity index (χ3v) is 5.20. The maximum atomic E-state index is 13.0. The van der Waals surface area contributed by atoms with Crippen LogP contribution in [0.1, 0.15) is 35.2 Å². The molecule has 0 aromatic heterocycles. The summed E-state index contributed by atoms with van der Waals surface area (Å²) >= 11 is 0. The Labute approximate surface area is 204 Å². The second-order valence-electron chi connectivity index (χ2n) is 8.01. The number of hydrogen-bond donors (Lipinski definition) is 4. The van der Waals surface area contributed by atoms with Crippen LogP contribution in [0, 0.1) is 5.82 Å². The summed E-state index contributed by atoms with van der Waals surface area (Å²) in [6, 6.07) is 19.7. The minimum Gasteiger partial charge on any atom is -0.478 e. The molecule has 0 bridgehead atoms. The van der Waals surface area contributed by atoms with Gasteiger partial charge in [-0.2, -0.15) is 0 Å². The van der Waals surface area contributed by atoms with Gasteiger partial charge in [0, 0.05) is 25.2 Å². The van der Waals surface area contributed by atoms with Gasteiger partial charge < -0.3 is 25.8 Å². The number of carboxylic acids is 1. The number of rotatable bonds is 14. The number of halogens is 1. The summed E-state index contributed by atoms with van der Waals surface area (Å²) in [5, 5.41) is 18.4. The van der Waals surface area contributed by atoms with Crippen molar-refractivity contribution in [3.8, 4) is 11.5 Å². The summed E-state index contributed by atoms with van der Waals surface area (Å²) in [4.78, 5) is 23.0. The predicted molar refractivity (Wildman–Crippen MR) is 133 cm³/mol. The SMILES string of the molecule is O=C(CCNCCCCNCc1ccc(C(=O)O)cc1)Nc1ccc(Oc2ccc(F)cc2)cc1. The van der Waals surface area contributed by atoms with E-state index in [4.69, 9.17) is 9.84 Å². The average Bonchev–Trinajstić information content (AvgIpc) is 2.86. The van der Waals surface area contributed by atoms with Gasteiger partial charge in [-0.25, -0.2) is 9.18 Å². The molecule has 0 saturated carbocycles. The molecule has 4 N–H and O–H groups in total. The lowest BCUT2D eigenvalue weighted by molar-refractivity contribution is -0.116. The molecule has 0 heterocycles. The van der Waals surface area contributed by atoms with E-state index in [0.717, 1.165) is 31.5 Å². The summed E-state index contributed by atoms with van der Waals surface area (Å²) in [6.07, 6.45) is 2.36. The van der Waals surface area contributed by atoms with Gasteiger partial charge in [0.1, 0.15) is 17.3 Å². The van der Waals surface area contributed by atoms with Gasteiger partial charge >= 0.3 is 5.97 Å².